The minimum Gasteiger partial charge on any atom is -0.481 e. The Morgan fingerprint density at radius 3 is 3.05 bits per heavy atom. The van der Waals surface area contributed by atoms with Gasteiger partial charge < -0.3 is 15.3 Å². The minimum atomic E-state index is -0.796. The van der Waals surface area contributed by atoms with Gasteiger partial charge in [0.25, 0.3) is 0 Å². The van der Waals surface area contributed by atoms with Crippen LogP contribution in [0.4, 0.5) is 4.79 Å². The smallest absolute Gasteiger partial charge is 0.317 e. The molecule has 20 heavy (non-hydrogen) atoms. The molecule has 1 fully saturated rings. The molecule has 1 aromatic rings. The Hall–Kier alpha value is -1.63. The first kappa shape index (κ1) is 14.8. The van der Waals surface area contributed by atoms with E-state index in [1.807, 2.05) is 12.3 Å². The lowest BCUT2D eigenvalue weighted by molar-refractivity contribution is -0.138. The van der Waals surface area contributed by atoms with Gasteiger partial charge in [0.2, 0.25) is 0 Å². The number of hydrogen-bond acceptors (Lipinski definition) is 4. The van der Waals surface area contributed by atoms with Gasteiger partial charge in [0.1, 0.15) is 0 Å². The summed E-state index contributed by atoms with van der Waals surface area (Å²) >= 11 is 1.56. The van der Waals surface area contributed by atoms with Gasteiger partial charge in [-0.3, -0.25) is 4.79 Å². The van der Waals surface area contributed by atoms with E-state index in [4.69, 9.17) is 5.11 Å². The van der Waals surface area contributed by atoms with Crippen LogP contribution in [0.15, 0.2) is 5.38 Å². The van der Waals surface area contributed by atoms with E-state index >= 15 is 0 Å². The molecule has 0 spiro atoms. The Bertz CT molecular complexity index is 489. The van der Waals surface area contributed by atoms with E-state index in [9.17, 15) is 9.59 Å². The van der Waals surface area contributed by atoms with Crippen LogP contribution in [-0.4, -0.2) is 40.1 Å². The maximum atomic E-state index is 12.1. The fourth-order valence-corrected chi connectivity index (χ4v) is 3.04. The molecule has 0 radical (unpaired) electrons. The summed E-state index contributed by atoms with van der Waals surface area (Å²) in [6, 6.07) is -0.134. The molecule has 0 bridgehead atoms. The van der Waals surface area contributed by atoms with Crippen LogP contribution in [0.5, 0.6) is 0 Å². The van der Waals surface area contributed by atoms with Crippen LogP contribution in [0.1, 0.15) is 30.0 Å². The van der Waals surface area contributed by atoms with Gasteiger partial charge in [-0.1, -0.05) is 0 Å². The standard InChI is InChI=1S/C13H19N3O3S/c1-9-15-11(8-20-9)6-14-13(19)16-4-2-3-10(7-16)5-12(17)18/h8,10H,2-7H2,1H3,(H,14,19)(H,17,18). The van der Waals surface area contributed by atoms with Crippen LogP contribution < -0.4 is 5.32 Å². The summed E-state index contributed by atoms with van der Waals surface area (Å²) in [5.74, 6) is -0.733. The number of carboxylic acids is 1. The second-order valence-corrected chi connectivity index (χ2v) is 6.13. The summed E-state index contributed by atoms with van der Waals surface area (Å²) in [6.07, 6.45) is 1.87. The molecule has 6 nitrogen and oxygen atoms in total. The second-order valence-electron chi connectivity index (χ2n) is 5.07. The highest BCUT2D eigenvalue weighted by Crippen LogP contribution is 2.19. The number of nitrogens with zero attached hydrogens (tertiary/aromatic N) is 2. The highest BCUT2D eigenvalue weighted by Gasteiger charge is 2.25. The molecular formula is C13H19N3O3S. The number of nitrogens with one attached hydrogen (secondary N) is 1. The summed E-state index contributed by atoms with van der Waals surface area (Å²) in [6.45, 7) is 3.56. The minimum absolute atomic E-state index is 0.0634. The van der Waals surface area contributed by atoms with Crippen LogP contribution in [-0.2, 0) is 11.3 Å². The molecule has 1 aromatic heterocycles. The Morgan fingerprint density at radius 1 is 1.60 bits per heavy atom. The normalized spacial score (nSPS) is 18.9. The third kappa shape index (κ3) is 4.19. The number of aliphatic carboxylic acids is 1. The molecule has 110 valence electrons. The van der Waals surface area contributed by atoms with Crippen LogP contribution >= 0.6 is 11.3 Å². The average molecular weight is 297 g/mol. The molecule has 0 aliphatic carbocycles. The number of carbonyl (C=O) groups is 2. The number of urea groups is 1. The van der Waals surface area contributed by atoms with Crippen LogP contribution in [0.3, 0.4) is 0 Å². The van der Waals surface area contributed by atoms with Crippen molar-refractivity contribution in [2.75, 3.05) is 13.1 Å². The molecule has 0 aromatic carbocycles. The lowest BCUT2D eigenvalue weighted by Crippen LogP contribution is -2.45. The molecule has 2 heterocycles. The predicted molar refractivity (Wildman–Crippen MR) is 75.6 cm³/mol. The summed E-state index contributed by atoms with van der Waals surface area (Å²) in [5, 5.41) is 14.6. The lowest BCUT2D eigenvalue weighted by atomic mass is 9.95. The zero-order valence-corrected chi connectivity index (χ0v) is 12.3. The highest BCUT2D eigenvalue weighted by molar-refractivity contribution is 7.09. The van der Waals surface area contributed by atoms with Gasteiger partial charge in [-0.15, -0.1) is 11.3 Å². The van der Waals surface area contributed by atoms with E-state index in [-0.39, 0.29) is 18.4 Å². The fraction of sp³-hybridized carbons (Fsp3) is 0.615. The van der Waals surface area contributed by atoms with Crippen molar-refractivity contribution in [3.63, 3.8) is 0 Å². The van der Waals surface area contributed by atoms with Gasteiger partial charge in [-0.25, -0.2) is 9.78 Å². The molecule has 0 saturated carbocycles. The van der Waals surface area contributed by atoms with Crippen molar-refractivity contribution in [2.24, 2.45) is 5.92 Å². The van der Waals surface area contributed by atoms with Crippen molar-refractivity contribution < 1.29 is 14.7 Å². The van der Waals surface area contributed by atoms with Crippen molar-refractivity contribution in [3.05, 3.63) is 16.1 Å². The SMILES string of the molecule is Cc1nc(CNC(=O)N2CCCC(CC(=O)O)C2)cs1. The number of amides is 2. The second kappa shape index (κ2) is 6.69. The monoisotopic (exact) mass is 297 g/mol. The topological polar surface area (TPSA) is 82.5 Å². The van der Waals surface area contributed by atoms with Crippen molar-refractivity contribution in [1.29, 1.82) is 0 Å². The molecule has 1 atom stereocenters. The molecule has 2 amide bonds. The van der Waals surface area contributed by atoms with Crippen molar-refractivity contribution >= 4 is 23.3 Å². The van der Waals surface area contributed by atoms with Gasteiger partial charge in [0, 0.05) is 24.9 Å². The number of hydrogen-bond donors (Lipinski definition) is 2. The summed E-state index contributed by atoms with van der Waals surface area (Å²) in [4.78, 5) is 28.8. The van der Waals surface area contributed by atoms with Gasteiger partial charge in [-0.2, -0.15) is 0 Å². The van der Waals surface area contributed by atoms with Crippen LogP contribution in [0.25, 0.3) is 0 Å². The number of carbonyl (C=O) groups excluding carboxylic acids is 1. The van der Waals surface area contributed by atoms with E-state index in [0.29, 0.717) is 19.6 Å². The average Bonchev–Trinajstić information content (AvgIpc) is 2.81. The number of aryl methyl sites for hydroxylation is 1. The number of rotatable bonds is 4. The van der Waals surface area contributed by atoms with Gasteiger partial charge >= 0.3 is 12.0 Å². The fourth-order valence-electron chi connectivity index (χ4n) is 2.43. The molecule has 1 unspecified atom stereocenters. The molecule has 1 aliphatic rings. The quantitative estimate of drug-likeness (QED) is 0.888. The molecule has 1 aliphatic heterocycles. The zero-order chi connectivity index (χ0) is 14.5. The summed E-state index contributed by atoms with van der Waals surface area (Å²) < 4.78 is 0. The molecule has 1 saturated heterocycles. The lowest BCUT2D eigenvalue weighted by Gasteiger charge is -2.32. The van der Waals surface area contributed by atoms with E-state index in [0.717, 1.165) is 23.5 Å². The largest absolute Gasteiger partial charge is 0.481 e. The van der Waals surface area contributed by atoms with E-state index in [2.05, 4.69) is 10.3 Å². The number of carboxylic acid groups (broad SMARTS) is 1. The molecular weight excluding hydrogens is 278 g/mol. The van der Waals surface area contributed by atoms with Crippen LogP contribution in [0, 0.1) is 12.8 Å². The molecule has 2 rings (SSSR count). The summed E-state index contributed by atoms with van der Waals surface area (Å²) in [5.41, 5.74) is 0.861. The Labute approximate surface area is 121 Å². The third-order valence-corrected chi connectivity index (χ3v) is 4.18. The molecule has 2 N–H and O–H groups in total. The van der Waals surface area contributed by atoms with E-state index < -0.39 is 5.97 Å². The number of thiazole rings is 1. The van der Waals surface area contributed by atoms with Gasteiger partial charge in [-0.05, 0) is 25.7 Å². The Balaban J connectivity index is 1.81. The predicted octanol–water partition coefficient (Wildman–Crippen LogP) is 1.85. The first-order chi connectivity index (χ1) is 9.54. The summed E-state index contributed by atoms with van der Waals surface area (Å²) in [7, 11) is 0. The maximum absolute atomic E-state index is 12.1. The zero-order valence-electron chi connectivity index (χ0n) is 11.5. The Morgan fingerprint density at radius 2 is 2.40 bits per heavy atom. The van der Waals surface area contributed by atoms with E-state index in [1.165, 1.54) is 0 Å². The number of likely N-dealkylation sites (tertiary alicyclic amines) is 1. The maximum Gasteiger partial charge on any atom is 0.317 e. The first-order valence-electron chi connectivity index (χ1n) is 6.70. The Kier molecular flexibility index (Phi) is 4.94. The first-order valence-corrected chi connectivity index (χ1v) is 7.58. The highest BCUT2D eigenvalue weighted by atomic mass is 32.1. The van der Waals surface area contributed by atoms with Gasteiger partial charge in [0.05, 0.1) is 17.2 Å². The van der Waals surface area contributed by atoms with Crippen LogP contribution in [0.2, 0.25) is 0 Å². The van der Waals surface area contributed by atoms with E-state index in [1.54, 1.807) is 16.2 Å². The van der Waals surface area contributed by atoms with Gasteiger partial charge in [0.15, 0.2) is 0 Å². The molecule has 7 heteroatoms. The van der Waals surface area contributed by atoms with Crippen molar-refractivity contribution in [2.45, 2.75) is 32.7 Å². The third-order valence-electron chi connectivity index (χ3n) is 3.36. The number of aromatic nitrogens is 1. The van der Waals surface area contributed by atoms with Crippen molar-refractivity contribution in [1.82, 2.24) is 15.2 Å². The number of piperidine rings is 1. The van der Waals surface area contributed by atoms with Crippen molar-refractivity contribution in [3.8, 4) is 0 Å².